The first kappa shape index (κ1) is 24.5. The molecular weight excluding hydrogens is 525 g/mol. The van der Waals surface area contributed by atoms with Crippen molar-refractivity contribution in [1.82, 2.24) is 14.8 Å². The second-order valence-electron chi connectivity index (χ2n) is 9.65. The van der Waals surface area contributed by atoms with Gasteiger partial charge in [-0.05, 0) is 48.7 Å². The van der Waals surface area contributed by atoms with Gasteiger partial charge in [-0.15, -0.1) is 0 Å². The normalized spacial score (nSPS) is 17.8. The Labute approximate surface area is 229 Å². The van der Waals surface area contributed by atoms with Crippen LogP contribution in [0.5, 0.6) is 5.75 Å². The van der Waals surface area contributed by atoms with Gasteiger partial charge in [-0.3, -0.25) is 19.5 Å². The zero-order valence-corrected chi connectivity index (χ0v) is 22.6. The van der Waals surface area contributed by atoms with Gasteiger partial charge in [0.2, 0.25) is 0 Å². The van der Waals surface area contributed by atoms with Crippen molar-refractivity contribution >= 4 is 46.4 Å². The predicted octanol–water partition coefficient (Wildman–Crippen LogP) is 5.87. The van der Waals surface area contributed by atoms with Gasteiger partial charge < -0.3 is 10.1 Å². The predicted molar refractivity (Wildman–Crippen MR) is 146 cm³/mol. The molecule has 0 radical (unpaired) electrons. The van der Waals surface area contributed by atoms with E-state index in [0.717, 1.165) is 5.56 Å². The molecule has 8 nitrogen and oxygen atoms in total. The Hall–Kier alpha value is -3.88. The number of amides is 2. The highest BCUT2D eigenvalue weighted by Crippen LogP contribution is 2.55. The van der Waals surface area contributed by atoms with E-state index in [2.05, 4.69) is 10.3 Å². The van der Waals surface area contributed by atoms with Crippen LogP contribution >= 0.6 is 23.2 Å². The second-order valence-corrected chi connectivity index (χ2v) is 10.5. The molecular formula is C28H23Cl2N5O3. The van der Waals surface area contributed by atoms with Crippen LogP contribution in [0, 0.1) is 6.92 Å². The van der Waals surface area contributed by atoms with Gasteiger partial charge in [0.15, 0.2) is 17.0 Å². The first-order valence-electron chi connectivity index (χ1n) is 12.0. The number of carbonyl (C=O) groups excluding carboxylic acids is 2. The number of nitrogens with zero attached hydrogens (tertiary/aromatic N) is 4. The first-order valence-corrected chi connectivity index (χ1v) is 12.8. The van der Waals surface area contributed by atoms with Crippen LogP contribution in [-0.4, -0.2) is 33.7 Å². The number of aromatic nitrogens is 3. The number of halogens is 2. The van der Waals surface area contributed by atoms with Crippen LogP contribution in [0.15, 0.2) is 54.9 Å². The fourth-order valence-corrected chi connectivity index (χ4v) is 5.92. The number of fused-ring (bicyclic) bond motifs is 4. The standard InChI is InChI=1S/C28H23Cl2N5O3/c1-14(2)25-23-24(33-35(25)20-9-10-31-13-22(20)38-4)26(36)34(21-12-17(30)6-5-15(21)3)28(23)18-8-7-16(29)11-19(18)32-27(28)37/h5-14H,1-4H3,(H,32,37). The average Bonchev–Trinajstić information content (AvgIpc) is 3.49. The number of anilines is 2. The summed E-state index contributed by atoms with van der Waals surface area (Å²) in [6.07, 6.45) is 3.22. The minimum Gasteiger partial charge on any atom is -0.493 e. The smallest absolute Gasteiger partial charge is 0.280 e. The Morgan fingerprint density at radius 1 is 1.03 bits per heavy atom. The van der Waals surface area contributed by atoms with Crippen LogP contribution in [0.4, 0.5) is 11.4 Å². The zero-order valence-electron chi connectivity index (χ0n) is 21.0. The molecule has 0 saturated carbocycles. The van der Waals surface area contributed by atoms with E-state index in [0.29, 0.717) is 49.7 Å². The van der Waals surface area contributed by atoms with Gasteiger partial charge in [-0.2, -0.15) is 5.10 Å². The van der Waals surface area contributed by atoms with Crippen molar-refractivity contribution in [2.24, 2.45) is 0 Å². The summed E-state index contributed by atoms with van der Waals surface area (Å²) in [6, 6.07) is 12.3. The van der Waals surface area contributed by atoms with Crippen LogP contribution in [0.1, 0.15) is 52.6 Å². The number of nitrogens with one attached hydrogen (secondary N) is 1. The number of ether oxygens (including phenoxy) is 1. The van der Waals surface area contributed by atoms with Gasteiger partial charge in [0.1, 0.15) is 5.69 Å². The monoisotopic (exact) mass is 547 g/mol. The van der Waals surface area contributed by atoms with Gasteiger partial charge >= 0.3 is 0 Å². The van der Waals surface area contributed by atoms with Crippen LogP contribution in [-0.2, 0) is 10.3 Å². The Bertz CT molecular complexity index is 1660. The van der Waals surface area contributed by atoms with Crippen molar-refractivity contribution in [2.75, 3.05) is 17.3 Å². The molecule has 38 heavy (non-hydrogen) atoms. The number of rotatable bonds is 4. The molecule has 10 heteroatoms. The van der Waals surface area contributed by atoms with Gasteiger partial charge in [0, 0.05) is 33.1 Å². The molecule has 2 amide bonds. The lowest BCUT2D eigenvalue weighted by Gasteiger charge is -2.36. The molecule has 0 aliphatic carbocycles. The van der Waals surface area contributed by atoms with E-state index in [1.807, 2.05) is 26.8 Å². The van der Waals surface area contributed by atoms with E-state index >= 15 is 0 Å². The molecule has 1 N–H and O–H groups in total. The number of aryl methyl sites for hydroxylation is 1. The summed E-state index contributed by atoms with van der Waals surface area (Å²) in [5.74, 6) is -0.414. The third-order valence-electron chi connectivity index (χ3n) is 7.14. The van der Waals surface area contributed by atoms with Gasteiger partial charge in [0.25, 0.3) is 11.8 Å². The van der Waals surface area contributed by atoms with Crippen LogP contribution in [0.2, 0.25) is 10.0 Å². The highest BCUT2D eigenvalue weighted by molar-refractivity contribution is 6.32. The van der Waals surface area contributed by atoms with Gasteiger partial charge in [0.05, 0.1) is 24.7 Å². The molecule has 0 saturated heterocycles. The molecule has 2 aliphatic heterocycles. The van der Waals surface area contributed by atoms with E-state index in [-0.39, 0.29) is 17.5 Å². The first-order chi connectivity index (χ1) is 18.2. The number of pyridine rings is 1. The van der Waals surface area contributed by atoms with Gasteiger partial charge in [-0.1, -0.05) is 49.2 Å². The summed E-state index contributed by atoms with van der Waals surface area (Å²) in [5, 5.41) is 8.72. The molecule has 1 atom stereocenters. The SMILES string of the molecule is COc1cnccc1-n1nc2c(c1C(C)C)C1(C(=O)Nc3cc(Cl)ccc31)N(c1cc(Cl)ccc1C)C2=O. The van der Waals surface area contributed by atoms with E-state index in [9.17, 15) is 9.59 Å². The Balaban J connectivity index is 1.75. The minimum absolute atomic E-state index is 0.127. The molecule has 0 fully saturated rings. The Kier molecular flexibility index (Phi) is 5.52. The number of hydrogen-bond donors (Lipinski definition) is 1. The van der Waals surface area contributed by atoms with Crippen molar-refractivity contribution in [3.63, 3.8) is 0 Å². The zero-order chi connectivity index (χ0) is 26.9. The maximum atomic E-state index is 14.4. The summed E-state index contributed by atoms with van der Waals surface area (Å²) in [4.78, 5) is 34.3. The lowest BCUT2D eigenvalue weighted by molar-refractivity contribution is -0.119. The molecule has 4 aromatic rings. The Morgan fingerprint density at radius 3 is 2.50 bits per heavy atom. The minimum atomic E-state index is -1.53. The van der Waals surface area contributed by atoms with Crippen molar-refractivity contribution in [2.45, 2.75) is 32.2 Å². The third kappa shape index (κ3) is 3.17. The van der Waals surface area contributed by atoms with E-state index in [1.165, 1.54) is 4.90 Å². The van der Waals surface area contributed by atoms with Crippen molar-refractivity contribution in [1.29, 1.82) is 0 Å². The number of benzene rings is 2. The summed E-state index contributed by atoms with van der Waals surface area (Å²) in [6.45, 7) is 5.88. The van der Waals surface area contributed by atoms with Crippen LogP contribution < -0.4 is 15.0 Å². The number of methoxy groups -OCH3 is 1. The number of carbonyl (C=O) groups is 2. The maximum absolute atomic E-state index is 14.4. The molecule has 2 aromatic carbocycles. The van der Waals surface area contributed by atoms with Crippen molar-refractivity contribution in [3.05, 3.63) is 93.0 Å². The van der Waals surface area contributed by atoms with Crippen molar-refractivity contribution < 1.29 is 14.3 Å². The molecule has 1 unspecified atom stereocenters. The summed E-state index contributed by atoms with van der Waals surface area (Å²) in [7, 11) is 1.55. The van der Waals surface area contributed by atoms with E-state index < -0.39 is 11.4 Å². The summed E-state index contributed by atoms with van der Waals surface area (Å²) < 4.78 is 7.26. The molecule has 2 aliphatic rings. The third-order valence-corrected chi connectivity index (χ3v) is 7.61. The van der Waals surface area contributed by atoms with E-state index in [4.69, 9.17) is 33.0 Å². The molecule has 0 bridgehead atoms. The second kappa shape index (κ2) is 8.58. The molecule has 2 aromatic heterocycles. The highest BCUT2D eigenvalue weighted by atomic mass is 35.5. The number of hydrogen-bond acceptors (Lipinski definition) is 5. The highest BCUT2D eigenvalue weighted by Gasteiger charge is 2.64. The van der Waals surface area contributed by atoms with Crippen molar-refractivity contribution in [3.8, 4) is 11.4 Å². The molecule has 4 heterocycles. The van der Waals surface area contributed by atoms with Crippen LogP contribution in [0.25, 0.3) is 5.69 Å². The molecule has 192 valence electrons. The largest absolute Gasteiger partial charge is 0.493 e. The fraction of sp³-hybridized carbons (Fsp3) is 0.214. The lowest BCUT2D eigenvalue weighted by Crippen LogP contribution is -2.51. The summed E-state index contributed by atoms with van der Waals surface area (Å²) in [5.41, 5.74) is 2.97. The fourth-order valence-electron chi connectivity index (χ4n) is 5.58. The average molecular weight is 548 g/mol. The lowest BCUT2D eigenvalue weighted by atomic mass is 9.81. The molecule has 1 spiro atoms. The Morgan fingerprint density at radius 2 is 1.76 bits per heavy atom. The van der Waals surface area contributed by atoms with E-state index in [1.54, 1.807) is 60.6 Å². The topological polar surface area (TPSA) is 89.3 Å². The molecule has 6 rings (SSSR count). The van der Waals surface area contributed by atoms with Crippen LogP contribution in [0.3, 0.4) is 0 Å². The maximum Gasteiger partial charge on any atom is 0.280 e. The van der Waals surface area contributed by atoms with Gasteiger partial charge in [-0.25, -0.2) is 4.68 Å². The summed E-state index contributed by atoms with van der Waals surface area (Å²) >= 11 is 12.7. The quantitative estimate of drug-likeness (QED) is 0.345.